The molecule has 1 saturated heterocycles. The Hall–Kier alpha value is -3.85. The Kier molecular flexibility index (Phi) is 5.94. The van der Waals surface area contributed by atoms with Gasteiger partial charge in [0.1, 0.15) is 22.7 Å². The fourth-order valence-electron chi connectivity index (χ4n) is 4.90. The van der Waals surface area contributed by atoms with Crippen LogP contribution in [0, 0.1) is 17.6 Å². The summed E-state index contributed by atoms with van der Waals surface area (Å²) >= 11 is 0. The topological polar surface area (TPSA) is 111 Å². The normalized spacial score (nSPS) is 18.2. The van der Waals surface area contributed by atoms with Crippen molar-refractivity contribution in [2.24, 2.45) is 11.7 Å². The van der Waals surface area contributed by atoms with Crippen molar-refractivity contribution in [2.75, 3.05) is 23.7 Å². The number of halogens is 2. The van der Waals surface area contributed by atoms with E-state index in [0.29, 0.717) is 12.5 Å². The van der Waals surface area contributed by atoms with Gasteiger partial charge in [0, 0.05) is 61.0 Å². The van der Waals surface area contributed by atoms with Crippen LogP contribution >= 0.6 is 0 Å². The molecular weight excluding hydrogens is 452 g/mol. The molecule has 1 aromatic carbocycles. The van der Waals surface area contributed by atoms with Gasteiger partial charge in [0.15, 0.2) is 11.4 Å². The summed E-state index contributed by atoms with van der Waals surface area (Å²) in [5, 5.41) is 0. The molecule has 180 valence electrons. The lowest BCUT2D eigenvalue weighted by atomic mass is 9.95. The molecule has 7 nitrogen and oxygen atoms in total. The molecule has 1 fully saturated rings. The summed E-state index contributed by atoms with van der Waals surface area (Å²) in [7, 11) is 0. The predicted molar refractivity (Wildman–Crippen MR) is 130 cm³/mol. The van der Waals surface area contributed by atoms with Crippen LogP contribution in [0.15, 0.2) is 53.3 Å². The number of piperidine rings is 1. The summed E-state index contributed by atoms with van der Waals surface area (Å²) in [5.74, 6) is -1.40. The number of nitrogens with zero attached hydrogens (tertiary/aromatic N) is 3. The van der Waals surface area contributed by atoms with Crippen LogP contribution in [0.3, 0.4) is 0 Å². The van der Waals surface area contributed by atoms with Gasteiger partial charge in [0.05, 0.1) is 5.56 Å². The first-order chi connectivity index (χ1) is 16.8. The van der Waals surface area contributed by atoms with E-state index in [9.17, 15) is 13.6 Å². The number of pyridine rings is 2. The third kappa shape index (κ3) is 4.35. The Balaban J connectivity index is 1.47. The molecule has 4 aromatic rings. The first-order valence-corrected chi connectivity index (χ1v) is 11.4. The number of hydrogen-bond donors (Lipinski definition) is 2. The van der Waals surface area contributed by atoms with Gasteiger partial charge in [-0.2, -0.15) is 0 Å². The maximum absolute atomic E-state index is 14.2. The van der Waals surface area contributed by atoms with Crippen LogP contribution in [0.1, 0.15) is 29.3 Å². The summed E-state index contributed by atoms with van der Waals surface area (Å²) in [5.41, 5.74) is 14.5. The quantitative estimate of drug-likeness (QED) is 0.411. The first kappa shape index (κ1) is 22.9. The van der Waals surface area contributed by atoms with Crippen LogP contribution in [0.4, 0.5) is 20.4 Å². The van der Waals surface area contributed by atoms with Crippen molar-refractivity contribution in [3.05, 3.63) is 71.7 Å². The number of fused-ring (bicyclic) bond motifs is 1. The van der Waals surface area contributed by atoms with Gasteiger partial charge in [-0.3, -0.25) is 14.8 Å². The minimum Gasteiger partial charge on any atom is -0.438 e. The first-order valence-electron chi connectivity index (χ1n) is 11.4. The highest BCUT2D eigenvalue weighted by Crippen LogP contribution is 2.34. The van der Waals surface area contributed by atoms with E-state index in [4.69, 9.17) is 15.9 Å². The molecule has 2 atom stereocenters. The molecule has 0 unspecified atom stereocenters. The lowest BCUT2D eigenvalue weighted by Gasteiger charge is -2.37. The molecule has 3 aromatic heterocycles. The fourth-order valence-corrected chi connectivity index (χ4v) is 4.90. The van der Waals surface area contributed by atoms with Crippen LogP contribution in [0.5, 0.6) is 0 Å². The lowest BCUT2D eigenvalue weighted by Crippen LogP contribution is -2.46. The molecule has 0 aliphatic carbocycles. The minimum atomic E-state index is -0.724. The average Bonchev–Trinajstić information content (AvgIpc) is 3.13. The van der Waals surface area contributed by atoms with Crippen molar-refractivity contribution >= 4 is 28.5 Å². The molecule has 0 saturated carbocycles. The number of Topliss-reactive ketones (excluding diaryl/α,β-unsaturated/α-hetero) is 1. The van der Waals surface area contributed by atoms with Gasteiger partial charge >= 0.3 is 0 Å². The van der Waals surface area contributed by atoms with Gasteiger partial charge in [-0.25, -0.2) is 8.78 Å². The molecule has 9 heteroatoms. The van der Waals surface area contributed by atoms with Crippen LogP contribution in [-0.2, 0) is 6.42 Å². The minimum absolute atomic E-state index is 0.0352. The maximum atomic E-state index is 14.2. The van der Waals surface area contributed by atoms with Crippen LogP contribution in [0.2, 0.25) is 0 Å². The number of nitrogen functional groups attached to an aromatic ring is 1. The summed E-state index contributed by atoms with van der Waals surface area (Å²) in [4.78, 5) is 24.0. The monoisotopic (exact) mass is 477 g/mol. The Morgan fingerprint density at radius 2 is 1.97 bits per heavy atom. The van der Waals surface area contributed by atoms with Crippen molar-refractivity contribution in [3.8, 4) is 11.1 Å². The van der Waals surface area contributed by atoms with Crippen LogP contribution in [-0.4, -0.2) is 34.9 Å². The number of ketones is 1. The van der Waals surface area contributed by atoms with Crippen molar-refractivity contribution in [3.63, 3.8) is 0 Å². The fraction of sp³-hybridized carbons (Fsp3) is 0.269. The van der Waals surface area contributed by atoms with Gasteiger partial charge in [-0.05, 0) is 36.6 Å². The number of anilines is 2. The van der Waals surface area contributed by atoms with Gasteiger partial charge < -0.3 is 20.8 Å². The zero-order valence-electron chi connectivity index (χ0n) is 19.2. The third-order valence-electron chi connectivity index (χ3n) is 6.35. The molecular formula is C26H25F2N5O2. The molecule has 35 heavy (non-hydrogen) atoms. The number of rotatable bonds is 5. The van der Waals surface area contributed by atoms with Crippen molar-refractivity contribution in [2.45, 2.75) is 25.8 Å². The smallest absolute Gasteiger partial charge is 0.204 e. The van der Waals surface area contributed by atoms with Crippen molar-refractivity contribution in [1.29, 1.82) is 0 Å². The highest BCUT2D eigenvalue weighted by Gasteiger charge is 2.27. The summed E-state index contributed by atoms with van der Waals surface area (Å²) < 4.78 is 34.1. The van der Waals surface area contributed by atoms with Crippen LogP contribution in [0.25, 0.3) is 22.2 Å². The number of carbonyl (C=O) groups excluding carboxylic acids is 1. The molecule has 0 spiro atoms. The molecule has 4 heterocycles. The summed E-state index contributed by atoms with van der Waals surface area (Å²) in [6, 6.07) is 6.99. The number of benzene rings is 1. The highest BCUT2D eigenvalue weighted by molar-refractivity contribution is 6.11. The van der Waals surface area contributed by atoms with E-state index in [1.54, 1.807) is 12.4 Å². The lowest BCUT2D eigenvalue weighted by molar-refractivity contribution is 0.0994. The number of hydrogen-bond acceptors (Lipinski definition) is 7. The molecule has 0 radical (unpaired) electrons. The summed E-state index contributed by atoms with van der Waals surface area (Å²) in [6.45, 7) is 3.69. The maximum Gasteiger partial charge on any atom is 0.204 e. The van der Waals surface area contributed by atoms with Gasteiger partial charge in [0.25, 0.3) is 0 Å². The van der Waals surface area contributed by atoms with Crippen LogP contribution < -0.4 is 16.4 Å². The SMILES string of the molecule is C[C@@H]1C[C@H](N)CN(c2ccncc2CC(=O)c2c(N)oc3cc(-c4c(F)cccc4F)cnc23)C1. The Bertz CT molecular complexity index is 1390. The van der Waals surface area contributed by atoms with E-state index in [1.165, 1.54) is 18.3 Å². The molecule has 0 amide bonds. The Labute approximate surface area is 200 Å². The van der Waals surface area contributed by atoms with E-state index in [-0.39, 0.29) is 51.9 Å². The van der Waals surface area contributed by atoms with E-state index < -0.39 is 11.6 Å². The summed E-state index contributed by atoms with van der Waals surface area (Å²) in [6.07, 6.45) is 5.66. The van der Waals surface area contributed by atoms with Crippen molar-refractivity contribution < 1.29 is 18.0 Å². The molecule has 4 N–H and O–H groups in total. The molecule has 5 rings (SSSR count). The highest BCUT2D eigenvalue weighted by atomic mass is 19.1. The molecule has 1 aliphatic rings. The number of carbonyl (C=O) groups is 1. The van der Waals surface area contributed by atoms with Gasteiger partial charge in [-0.15, -0.1) is 0 Å². The second kappa shape index (κ2) is 9.07. The molecule has 1 aliphatic heterocycles. The zero-order chi connectivity index (χ0) is 24.7. The second-order valence-electron chi connectivity index (χ2n) is 9.12. The van der Waals surface area contributed by atoms with E-state index in [0.717, 1.165) is 36.3 Å². The average molecular weight is 478 g/mol. The van der Waals surface area contributed by atoms with E-state index in [2.05, 4.69) is 21.8 Å². The van der Waals surface area contributed by atoms with Gasteiger partial charge in [0.2, 0.25) is 5.88 Å². The Morgan fingerprint density at radius 1 is 1.20 bits per heavy atom. The van der Waals surface area contributed by atoms with E-state index in [1.807, 2.05) is 6.07 Å². The standard InChI is InChI=1S/C26H25F2N5O2/c1-14-7-17(29)13-33(12-14)20-5-6-31-10-15(20)8-21(34)24-25-22(35-26(24)30)9-16(11-32-25)23-18(27)3-2-4-19(23)28/h2-6,9-11,14,17H,7-8,12-13,29-30H2,1H3/t14-,17+/m1/s1. The Morgan fingerprint density at radius 3 is 2.71 bits per heavy atom. The largest absolute Gasteiger partial charge is 0.438 e. The predicted octanol–water partition coefficient (Wildman–Crippen LogP) is 4.35. The van der Waals surface area contributed by atoms with Crippen molar-refractivity contribution in [1.82, 2.24) is 9.97 Å². The number of aromatic nitrogens is 2. The van der Waals surface area contributed by atoms with Gasteiger partial charge in [-0.1, -0.05) is 13.0 Å². The van der Waals surface area contributed by atoms with E-state index >= 15 is 0 Å². The molecule has 0 bridgehead atoms. The number of furan rings is 1. The second-order valence-corrected chi connectivity index (χ2v) is 9.12. The third-order valence-corrected chi connectivity index (χ3v) is 6.35. The number of nitrogens with two attached hydrogens (primary N) is 2. The zero-order valence-corrected chi connectivity index (χ0v) is 19.2.